The van der Waals surface area contributed by atoms with Crippen LogP contribution in [0.5, 0.6) is 0 Å². The maximum Gasteiger partial charge on any atom is 0.337 e. The molecule has 1 amide bonds. The van der Waals surface area contributed by atoms with Gasteiger partial charge < -0.3 is 34.0 Å². The number of hydrogen-bond donors (Lipinski definition) is 1. The minimum absolute atomic E-state index is 0.00734. The molecule has 2 aromatic carbocycles. The van der Waals surface area contributed by atoms with Crippen molar-refractivity contribution in [1.29, 1.82) is 0 Å². The Morgan fingerprint density at radius 1 is 0.939 bits per heavy atom. The molecule has 13 heteroatoms. The molecular weight excluding hydrogens is 674 g/mol. The van der Waals surface area contributed by atoms with Crippen LogP contribution in [0.25, 0.3) is 5.57 Å². The van der Waals surface area contributed by atoms with Crippen molar-refractivity contribution in [3.05, 3.63) is 87.4 Å². The Kier molecular flexibility index (Phi) is 8.39. The van der Waals surface area contributed by atoms with Crippen molar-refractivity contribution < 1.29 is 33.3 Å². The molecule has 5 aliphatic heterocycles. The van der Waals surface area contributed by atoms with E-state index in [1.54, 1.807) is 12.1 Å². The molecule has 4 atom stereocenters. The summed E-state index contributed by atoms with van der Waals surface area (Å²) in [5, 5.41) is 10.5. The lowest BCUT2D eigenvalue weighted by atomic mass is 9.97. The van der Waals surface area contributed by atoms with Gasteiger partial charge in [-0.1, -0.05) is 42.4 Å². The summed E-state index contributed by atoms with van der Waals surface area (Å²) >= 11 is 13.5. The van der Waals surface area contributed by atoms with Gasteiger partial charge >= 0.3 is 5.97 Å². The highest BCUT2D eigenvalue weighted by atomic mass is 35.5. The van der Waals surface area contributed by atoms with E-state index in [4.69, 9.17) is 37.4 Å². The van der Waals surface area contributed by atoms with Crippen LogP contribution in [-0.2, 0) is 14.2 Å². The third-order valence-electron chi connectivity index (χ3n) is 10.8. The number of benzene rings is 2. The van der Waals surface area contributed by atoms with Gasteiger partial charge in [0.2, 0.25) is 0 Å². The highest BCUT2D eigenvalue weighted by Crippen LogP contribution is 2.44. The number of morpholine rings is 1. The number of carbonyl (C=O) groups excluding carboxylic acids is 1. The molecule has 1 N–H and O–H groups in total. The zero-order chi connectivity index (χ0) is 34.1. The minimum atomic E-state index is -1.21. The number of nitrogens with zero attached hydrogens (tertiary/aromatic N) is 4. The van der Waals surface area contributed by atoms with Crippen LogP contribution in [0.2, 0.25) is 10.0 Å². The number of carboxylic acid groups (broad SMARTS) is 1. The van der Waals surface area contributed by atoms with Gasteiger partial charge in [-0.05, 0) is 43.5 Å². The van der Waals surface area contributed by atoms with Crippen molar-refractivity contribution in [3.63, 3.8) is 0 Å². The molecule has 5 heterocycles. The fourth-order valence-electron chi connectivity index (χ4n) is 8.14. The number of amides is 1. The normalized spacial score (nSPS) is 26.6. The Hall–Kier alpha value is -3.61. The van der Waals surface area contributed by atoms with Crippen molar-refractivity contribution >= 4 is 52.0 Å². The Morgan fingerprint density at radius 3 is 2.24 bits per heavy atom. The van der Waals surface area contributed by atoms with Crippen molar-refractivity contribution in [2.75, 3.05) is 62.6 Å². The molecule has 5 fully saturated rings. The van der Waals surface area contributed by atoms with E-state index in [2.05, 4.69) is 23.0 Å². The summed E-state index contributed by atoms with van der Waals surface area (Å²) in [5.74, 6) is -2.09. The van der Waals surface area contributed by atoms with E-state index in [1.807, 2.05) is 17.0 Å². The largest absolute Gasteiger partial charge is 0.478 e. The fourth-order valence-corrected chi connectivity index (χ4v) is 8.78. The second kappa shape index (κ2) is 12.6. The lowest BCUT2D eigenvalue weighted by Gasteiger charge is -2.43. The summed E-state index contributed by atoms with van der Waals surface area (Å²) < 4.78 is 32.8. The summed E-state index contributed by atoms with van der Waals surface area (Å²) in [5.41, 5.74) is 2.23. The molecule has 2 bridgehead atoms. The smallest absolute Gasteiger partial charge is 0.337 e. The summed E-state index contributed by atoms with van der Waals surface area (Å²) in [6.07, 6.45) is 4.34. The molecule has 1 aliphatic carbocycles. The number of piperazine rings is 1. The average Bonchev–Trinajstić information content (AvgIpc) is 3.83. The van der Waals surface area contributed by atoms with E-state index in [9.17, 15) is 14.7 Å². The standard InChI is InChI=1S/C36H37Cl2FN4O6/c1-3-20-13-40(35(44)33-27(37)8-23(9-28(33)38)41-6-7-42(24-16-48-17-24)32-12-31(32)41)18-49-34(20)19(2)25-11-30(26(36(45)46)10-29(25)39)43-21-4-5-22(43)15-47-14-21/h3,8-11,21-22,24,31-32H,1-2,4-7,12-18H2,(H,45,46). The molecule has 0 spiro atoms. The highest BCUT2D eigenvalue weighted by Gasteiger charge is 2.52. The van der Waals surface area contributed by atoms with Crippen LogP contribution in [0.4, 0.5) is 15.8 Å². The first kappa shape index (κ1) is 32.6. The average molecular weight is 712 g/mol. The van der Waals surface area contributed by atoms with Crippen molar-refractivity contribution in [2.24, 2.45) is 0 Å². The van der Waals surface area contributed by atoms with Gasteiger partial charge in [-0.25, -0.2) is 9.18 Å². The van der Waals surface area contributed by atoms with Crippen LogP contribution in [0.1, 0.15) is 45.5 Å². The van der Waals surface area contributed by atoms with Crippen LogP contribution < -0.4 is 9.80 Å². The van der Waals surface area contributed by atoms with Gasteiger partial charge in [0.15, 0.2) is 6.73 Å². The summed E-state index contributed by atoms with van der Waals surface area (Å²) in [7, 11) is 0. The van der Waals surface area contributed by atoms with Crippen LogP contribution in [0.3, 0.4) is 0 Å². The number of halogens is 3. The number of anilines is 2. The number of hydrogen-bond acceptors (Lipinski definition) is 8. The molecule has 1 saturated carbocycles. The Balaban J connectivity index is 1.02. The predicted molar refractivity (Wildman–Crippen MR) is 184 cm³/mol. The van der Waals surface area contributed by atoms with Gasteiger partial charge in [0.05, 0.1) is 78.0 Å². The van der Waals surface area contributed by atoms with E-state index < -0.39 is 17.7 Å². The third-order valence-corrected chi connectivity index (χ3v) is 11.4. The second-order valence-electron chi connectivity index (χ2n) is 13.6. The van der Waals surface area contributed by atoms with Gasteiger partial charge in [0.25, 0.3) is 5.91 Å². The van der Waals surface area contributed by atoms with E-state index in [1.165, 1.54) is 4.90 Å². The zero-order valence-corrected chi connectivity index (χ0v) is 28.4. The summed E-state index contributed by atoms with van der Waals surface area (Å²) in [6, 6.07) is 7.59. The number of allylic oxidation sites excluding steroid dienone is 1. The fraction of sp³-hybridized carbons (Fsp3) is 0.444. The number of ether oxygens (including phenoxy) is 3. The first-order valence-electron chi connectivity index (χ1n) is 16.6. The van der Waals surface area contributed by atoms with Gasteiger partial charge in [0.1, 0.15) is 11.6 Å². The van der Waals surface area contributed by atoms with Crippen molar-refractivity contribution in [1.82, 2.24) is 9.80 Å². The Morgan fingerprint density at radius 2 is 1.61 bits per heavy atom. The Labute approximate surface area is 293 Å². The molecular formula is C36H37Cl2FN4O6. The molecule has 4 saturated heterocycles. The van der Waals surface area contributed by atoms with Gasteiger partial charge in [-0.15, -0.1) is 0 Å². The molecule has 0 aromatic heterocycles. The quantitative estimate of drug-likeness (QED) is 0.384. The van der Waals surface area contributed by atoms with Crippen LogP contribution in [-0.4, -0.2) is 110 Å². The third kappa shape index (κ3) is 5.60. The van der Waals surface area contributed by atoms with E-state index >= 15 is 4.39 Å². The number of fused-ring (bicyclic) bond motifs is 3. The zero-order valence-electron chi connectivity index (χ0n) is 26.9. The summed E-state index contributed by atoms with van der Waals surface area (Å²) in [6.45, 7) is 12.3. The van der Waals surface area contributed by atoms with Crippen LogP contribution in [0, 0.1) is 5.82 Å². The summed E-state index contributed by atoms with van der Waals surface area (Å²) in [4.78, 5) is 34.4. The van der Waals surface area contributed by atoms with Gasteiger partial charge in [-0.2, -0.15) is 0 Å². The molecule has 4 unspecified atom stereocenters. The minimum Gasteiger partial charge on any atom is -0.478 e. The molecule has 0 radical (unpaired) electrons. The SMILES string of the molecule is C=CC1=C(C(=C)c2cc(N3C4CCC3COC4)c(C(=O)O)cc2F)OCN(C(=O)c2c(Cl)cc(N3CCN(C4COC4)C4CC43)cc2Cl)C1. The predicted octanol–water partition coefficient (Wildman–Crippen LogP) is 5.44. The molecule has 8 rings (SSSR count). The molecule has 2 aromatic rings. The van der Waals surface area contributed by atoms with Crippen molar-refractivity contribution in [3.8, 4) is 0 Å². The Bertz CT molecular complexity index is 1760. The monoisotopic (exact) mass is 710 g/mol. The van der Waals surface area contributed by atoms with Gasteiger partial charge in [0, 0.05) is 47.6 Å². The lowest BCUT2D eigenvalue weighted by molar-refractivity contribution is -0.0701. The maximum absolute atomic E-state index is 15.6. The molecule has 10 nitrogen and oxygen atoms in total. The van der Waals surface area contributed by atoms with E-state index in [0.717, 1.165) is 57.3 Å². The lowest BCUT2D eigenvalue weighted by Crippen LogP contribution is -2.56. The maximum atomic E-state index is 15.6. The van der Waals surface area contributed by atoms with Gasteiger partial charge in [-0.3, -0.25) is 9.69 Å². The number of carboxylic acids is 1. The second-order valence-corrected chi connectivity index (χ2v) is 14.4. The van der Waals surface area contributed by atoms with E-state index in [-0.39, 0.29) is 63.4 Å². The van der Waals surface area contributed by atoms with E-state index in [0.29, 0.717) is 42.6 Å². The number of rotatable bonds is 8. The molecule has 6 aliphatic rings. The topological polar surface area (TPSA) is 95.0 Å². The first-order chi connectivity index (χ1) is 23.6. The number of carbonyl (C=O) groups is 2. The van der Waals surface area contributed by atoms with Crippen LogP contribution >= 0.6 is 23.2 Å². The molecule has 258 valence electrons. The first-order valence-corrected chi connectivity index (χ1v) is 17.4. The van der Waals surface area contributed by atoms with Crippen molar-refractivity contribution in [2.45, 2.75) is 49.5 Å². The van der Waals surface area contributed by atoms with Crippen LogP contribution in [0.15, 0.2) is 54.8 Å². The number of aromatic carboxylic acids is 1. The highest BCUT2D eigenvalue weighted by molar-refractivity contribution is 6.40. The molecule has 49 heavy (non-hydrogen) atoms.